The van der Waals surface area contributed by atoms with Gasteiger partial charge >= 0.3 is 0 Å². The van der Waals surface area contributed by atoms with Gasteiger partial charge in [0.1, 0.15) is 0 Å². The Bertz CT molecular complexity index is 737. The third-order valence-electron chi connectivity index (χ3n) is 12.7. The number of allylic oxidation sites excluding steroid dienone is 2. The summed E-state index contributed by atoms with van der Waals surface area (Å²) in [6.45, 7) is 0. The molecule has 210 valence electrons. The van der Waals surface area contributed by atoms with E-state index in [9.17, 15) is 0 Å². The van der Waals surface area contributed by atoms with Crippen molar-refractivity contribution in [3.05, 3.63) is 11.3 Å². The molecule has 8 unspecified atom stereocenters. The van der Waals surface area contributed by atoms with Gasteiger partial charge in [0, 0.05) is 17.7 Å². The van der Waals surface area contributed by atoms with Crippen molar-refractivity contribution in [2.75, 3.05) is 0 Å². The molecule has 0 spiro atoms. The third-order valence-corrected chi connectivity index (χ3v) is 12.7. The van der Waals surface area contributed by atoms with Crippen LogP contribution in [0.25, 0.3) is 0 Å². The van der Waals surface area contributed by atoms with Crippen molar-refractivity contribution in [2.45, 2.75) is 173 Å². The van der Waals surface area contributed by atoms with Gasteiger partial charge in [-0.1, -0.05) is 128 Å². The zero-order chi connectivity index (χ0) is 24.9. The summed E-state index contributed by atoms with van der Waals surface area (Å²) in [6.07, 6.45) is 39.4. The summed E-state index contributed by atoms with van der Waals surface area (Å²) in [5.41, 5.74) is 4.01. The first-order valence-corrected chi connectivity index (χ1v) is 17.9. The monoisotopic (exact) mass is 507 g/mol. The first-order chi connectivity index (χ1) is 18.4. The molecular formula is C36H61N. The van der Waals surface area contributed by atoms with Crippen molar-refractivity contribution >= 4 is 0 Å². The van der Waals surface area contributed by atoms with Gasteiger partial charge in [0.2, 0.25) is 0 Å². The number of rotatable bonds is 0. The molecule has 0 aromatic carbocycles. The van der Waals surface area contributed by atoms with Crippen LogP contribution in [0.3, 0.4) is 0 Å². The van der Waals surface area contributed by atoms with Crippen molar-refractivity contribution in [1.29, 1.82) is 0 Å². The second kappa shape index (κ2) is 13.3. The zero-order valence-corrected chi connectivity index (χ0v) is 24.5. The Morgan fingerprint density at radius 1 is 0.378 bits per heavy atom. The van der Waals surface area contributed by atoms with E-state index in [1.54, 1.807) is 32.1 Å². The van der Waals surface area contributed by atoms with Crippen LogP contribution in [0.5, 0.6) is 0 Å². The van der Waals surface area contributed by atoms with Crippen LogP contribution in [0.2, 0.25) is 0 Å². The third kappa shape index (κ3) is 6.01. The summed E-state index contributed by atoms with van der Waals surface area (Å²) in [4.78, 5) is 0. The van der Waals surface area contributed by atoms with Crippen molar-refractivity contribution < 1.29 is 0 Å². The number of hydrogen-bond acceptors (Lipinski definition) is 1. The Labute approximate surface area is 230 Å². The van der Waals surface area contributed by atoms with E-state index in [4.69, 9.17) is 0 Å². The summed E-state index contributed by atoms with van der Waals surface area (Å²) in [5, 5.41) is 4.57. The molecule has 1 N–H and O–H groups in total. The second-order valence-corrected chi connectivity index (χ2v) is 14.8. The van der Waals surface area contributed by atoms with Crippen LogP contribution >= 0.6 is 0 Å². The lowest BCUT2D eigenvalue weighted by molar-refractivity contribution is 0.0573. The van der Waals surface area contributed by atoms with E-state index in [1.165, 1.54) is 135 Å². The van der Waals surface area contributed by atoms with Crippen LogP contribution in [0.15, 0.2) is 11.3 Å². The minimum atomic E-state index is 0.799. The number of fused-ring (bicyclic) bond motifs is 6. The molecule has 0 bridgehead atoms. The number of hydrogen-bond donors (Lipinski definition) is 1. The maximum Gasteiger partial charge on any atom is 0.0294 e. The largest absolute Gasteiger partial charge is 0.385 e. The number of nitrogens with one attached hydrogen (secondary N) is 1. The Morgan fingerprint density at radius 2 is 0.811 bits per heavy atom. The standard InChI is InChI=1S/C36H61N/c1-2-5-17-25-32-34-27(19-11-4-1)20-12-10-18-26-33(34)37-36-31-24-16-7-3-6-13-22-29(31)28-21-14-8-9-15-23-30(28)35(32)36/h27-34,37H,1-26H2. The fourth-order valence-electron chi connectivity index (χ4n) is 11.1. The molecule has 6 aliphatic rings. The zero-order valence-electron chi connectivity index (χ0n) is 24.5. The SMILES string of the molecule is C1CCCCC2C3=C(NC4CCCCCC(CCC1)C42)C1CCCCCCCC1C1CCCCCCC31. The Balaban J connectivity index is 1.43. The Morgan fingerprint density at radius 3 is 1.46 bits per heavy atom. The molecule has 8 atom stereocenters. The fraction of sp³-hybridized carbons (Fsp3) is 0.944. The van der Waals surface area contributed by atoms with Crippen molar-refractivity contribution in [3.63, 3.8) is 0 Å². The van der Waals surface area contributed by atoms with E-state index >= 15 is 0 Å². The van der Waals surface area contributed by atoms with Crippen molar-refractivity contribution in [3.8, 4) is 0 Å². The van der Waals surface area contributed by atoms with Gasteiger partial charge in [0.15, 0.2) is 0 Å². The van der Waals surface area contributed by atoms with E-state index in [2.05, 4.69) is 10.9 Å². The van der Waals surface area contributed by atoms with E-state index in [0.717, 1.165) is 47.5 Å². The first kappa shape index (κ1) is 26.7. The summed E-state index contributed by atoms with van der Waals surface area (Å²) in [7, 11) is 0. The molecule has 5 aliphatic carbocycles. The molecule has 1 nitrogen and oxygen atoms in total. The van der Waals surface area contributed by atoms with Crippen LogP contribution in [0, 0.1) is 41.4 Å². The van der Waals surface area contributed by atoms with Crippen molar-refractivity contribution in [1.82, 2.24) is 5.32 Å². The van der Waals surface area contributed by atoms with Gasteiger partial charge in [-0.3, -0.25) is 0 Å². The smallest absolute Gasteiger partial charge is 0.0294 e. The van der Waals surface area contributed by atoms with E-state index in [1.807, 2.05) is 5.70 Å². The van der Waals surface area contributed by atoms with Gasteiger partial charge in [-0.05, 0) is 79.6 Å². The molecule has 0 radical (unpaired) electrons. The maximum atomic E-state index is 4.57. The van der Waals surface area contributed by atoms with Crippen LogP contribution in [-0.2, 0) is 0 Å². The molecule has 0 aromatic rings. The molecule has 6 rings (SSSR count). The van der Waals surface area contributed by atoms with E-state index in [-0.39, 0.29) is 0 Å². The van der Waals surface area contributed by atoms with Crippen LogP contribution < -0.4 is 5.32 Å². The average molecular weight is 508 g/mol. The topological polar surface area (TPSA) is 12.0 Å². The highest BCUT2D eigenvalue weighted by molar-refractivity contribution is 5.32. The highest BCUT2D eigenvalue weighted by Crippen LogP contribution is 2.58. The highest BCUT2D eigenvalue weighted by Gasteiger charge is 2.51. The van der Waals surface area contributed by atoms with Gasteiger partial charge in [0.05, 0.1) is 0 Å². The highest BCUT2D eigenvalue weighted by atomic mass is 15.0. The molecule has 0 aromatic heterocycles. The molecule has 1 heteroatoms. The molecule has 1 heterocycles. The van der Waals surface area contributed by atoms with E-state index < -0.39 is 0 Å². The lowest BCUT2D eigenvalue weighted by Gasteiger charge is -2.56. The van der Waals surface area contributed by atoms with Gasteiger partial charge in [0.25, 0.3) is 0 Å². The predicted molar refractivity (Wildman–Crippen MR) is 158 cm³/mol. The van der Waals surface area contributed by atoms with Gasteiger partial charge in [-0.25, -0.2) is 0 Å². The minimum absolute atomic E-state index is 0.799. The molecule has 37 heavy (non-hydrogen) atoms. The quantitative estimate of drug-likeness (QED) is 0.344. The van der Waals surface area contributed by atoms with Crippen LogP contribution in [0.4, 0.5) is 0 Å². The lowest BCUT2D eigenvalue weighted by Crippen LogP contribution is -2.55. The minimum Gasteiger partial charge on any atom is -0.385 e. The normalized spacial score (nSPS) is 42.6. The Kier molecular flexibility index (Phi) is 9.59. The van der Waals surface area contributed by atoms with Crippen LogP contribution in [-0.4, -0.2) is 6.04 Å². The van der Waals surface area contributed by atoms with E-state index in [0.29, 0.717) is 0 Å². The molecule has 1 aliphatic heterocycles. The predicted octanol–water partition coefficient (Wildman–Crippen LogP) is 10.7. The summed E-state index contributed by atoms with van der Waals surface area (Å²) >= 11 is 0. The Hall–Kier alpha value is -0.460. The molecule has 0 saturated heterocycles. The second-order valence-electron chi connectivity index (χ2n) is 14.8. The van der Waals surface area contributed by atoms with Gasteiger partial charge in [-0.2, -0.15) is 0 Å². The van der Waals surface area contributed by atoms with Gasteiger partial charge < -0.3 is 5.32 Å². The average Bonchev–Trinajstić information content (AvgIpc) is 2.96. The van der Waals surface area contributed by atoms with Gasteiger partial charge in [-0.15, -0.1) is 0 Å². The van der Waals surface area contributed by atoms with Crippen LogP contribution in [0.1, 0.15) is 167 Å². The molecule has 4 saturated carbocycles. The first-order valence-electron chi connectivity index (χ1n) is 17.9. The van der Waals surface area contributed by atoms with Crippen molar-refractivity contribution in [2.24, 2.45) is 41.4 Å². The fourth-order valence-corrected chi connectivity index (χ4v) is 11.1. The lowest BCUT2D eigenvalue weighted by atomic mass is 9.53. The summed E-state index contributed by atoms with van der Waals surface area (Å²) in [6, 6.07) is 0.799. The summed E-state index contributed by atoms with van der Waals surface area (Å²) < 4.78 is 0. The molecular weight excluding hydrogens is 446 g/mol. The summed E-state index contributed by atoms with van der Waals surface area (Å²) in [5.74, 6) is 6.73. The maximum absolute atomic E-state index is 4.57. The molecule has 0 amide bonds. The molecule has 4 fully saturated rings.